The average molecular weight is 260 g/mol. The third-order valence-electron chi connectivity index (χ3n) is 3.36. The second kappa shape index (κ2) is 7.16. The maximum absolute atomic E-state index is 8.63. The van der Waals surface area contributed by atoms with Gasteiger partial charge >= 0.3 is 0 Å². The lowest BCUT2D eigenvalue weighted by atomic mass is 9.96. The molecule has 3 nitrogen and oxygen atoms in total. The van der Waals surface area contributed by atoms with E-state index in [1.54, 1.807) is 7.11 Å². The van der Waals surface area contributed by atoms with Gasteiger partial charge in [0.05, 0.1) is 13.2 Å². The largest absolute Gasteiger partial charge is 0.496 e. The van der Waals surface area contributed by atoms with Crippen LogP contribution < -0.4 is 4.74 Å². The Morgan fingerprint density at radius 1 is 1.37 bits per heavy atom. The second-order valence-corrected chi connectivity index (χ2v) is 5.32. The minimum Gasteiger partial charge on any atom is -0.496 e. The molecule has 0 unspecified atom stereocenters. The Kier molecular flexibility index (Phi) is 5.85. The van der Waals surface area contributed by atoms with Gasteiger partial charge in [-0.2, -0.15) is 5.26 Å². The summed E-state index contributed by atoms with van der Waals surface area (Å²) in [5, 5.41) is 8.63. The summed E-state index contributed by atoms with van der Waals surface area (Å²) in [5.74, 6) is 1.41. The molecular weight excluding hydrogens is 236 g/mol. The van der Waals surface area contributed by atoms with E-state index < -0.39 is 0 Å². The van der Waals surface area contributed by atoms with Crippen LogP contribution in [0.5, 0.6) is 5.75 Å². The molecule has 0 saturated heterocycles. The Morgan fingerprint density at radius 2 is 2.05 bits per heavy atom. The second-order valence-electron chi connectivity index (χ2n) is 5.32. The number of hydrogen-bond donors (Lipinski definition) is 0. The molecule has 1 aromatic rings. The summed E-state index contributed by atoms with van der Waals surface area (Å²) in [4.78, 5) is 2.18. The van der Waals surface area contributed by atoms with Crippen molar-refractivity contribution in [3.05, 3.63) is 28.8 Å². The van der Waals surface area contributed by atoms with Gasteiger partial charge in [-0.05, 0) is 42.6 Å². The minimum atomic E-state index is 0.443. The third kappa shape index (κ3) is 4.25. The first-order valence-corrected chi connectivity index (χ1v) is 6.72. The van der Waals surface area contributed by atoms with Crippen molar-refractivity contribution in [1.82, 2.24) is 4.90 Å². The molecule has 1 rings (SSSR count). The van der Waals surface area contributed by atoms with Gasteiger partial charge in [0.25, 0.3) is 0 Å². The van der Waals surface area contributed by atoms with Crippen LogP contribution in [0, 0.1) is 18.3 Å². The summed E-state index contributed by atoms with van der Waals surface area (Å²) < 4.78 is 5.46. The van der Waals surface area contributed by atoms with Gasteiger partial charge in [0.15, 0.2) is 0 Å². The highest BCUT2D eigenvalue weighted by Crippen LogP contribution is 2.30. The normalized spacial score (nSPS) is 10.8. The van der Waals surface area contributed by atoms with Crippen LogP contribution in [-0.2, 0) is 6.54 Å². The van der Waals surface area contributed by atoms with Crippen molar-refractivity contribution >= 4 is 0 Å². The molecule has 0 heterocycles. The number of ether oxygens (including phenoxy) is 1. The third-order valence-corrected chi connectivity index (χ3v) is 3.36. The fraction of sp³-hybridized carbons (Fsp3) is 0.562. The molecule has 0 amide bonds. The van der Waals surface area contributed by atoms with E-state index in [1.807, 2.05) is 0 Å². The summed E-state index contributed by atoms with van der Waals surface area (Å²) in [6.07, 6.45) is 0.572. The zero-order chi connectivity index (χ0) is 14.4. The van der Waals surface area contributed by atoms with Crippen LogP contribution in [0.2, 0.25) is 0 Å². The Bertz CT molecular complexity index is 461. The van der Waals surface area contributed by atoms with E-state index in [-0.39, 0.29) is 0 Å². The van der Waals surface area contributed by atoms with E-state index in [4.69, 9.17) is 10.00 Å². The molecule has 0 saturated carbocycles. The molecule has 0 aliphatic carbocycles. The topological polar surface area (TPSA) is 36.3 Å². The van der Waals surface area contributed by atoms with Gasteiger partial charge in [0.1, 0.15) is 5.75 Å². The molecule has 104 valence electrons. The number of methoxy groups -OCH3 is 1. The SMILES string of the molecule is COc1cc(C)c(CN(C)CCC#N)cc1C(C)C. The molecule has 0 N–H and O–H groups in total. The zero-order valence-electron chi connectivity index (χ0n) is 12.7. The van der Waals surface area contributed by atoms with Gasteiger partial charge in [-0.15, -0.1) is 0 Å². The first kappa shape index (κ1) is 15.5. The molecule has 0 aliphatic heterocycles. The Morgan fingerprint density at radius 3 is 2.58 bits per heavy atom. The van der Waals surface area contributed by atoms with Crippen molar-refractivity contribution in [3.8, 4) is 11.8 Å². The Hall–Kier alpha value is -1.53. The van der Waals surface area contributed by atoms with E-state index in [9.17, 15) is 0 Å². The van der Waals surface area contributed by atoms with Crippen molar-refractivity contribution in [1.29, 1.82) is 5.26 Å². The lowest BCUT2D eigenvalue weighted by molar-refractivity contribution is 0.333. The van der Waals surface area contributed by atoms with Crippen LogP contribution in [0.15, 0.2) is 12.1 Å². The molecule has 19 heavy (non-hydrogen) atoms. The summed E-state index contributed by atoms with van der Waals surface area (Å²) in [5.41, 5.74) is 3.80. The van der Waals surface area contributed by atoms with E-state index in [1.165, 1.54) is 16.7 Å². The highest BCUT2D eigenvalue weighted by atomic mass is 16.5. The number of nitrogens with zero attached hydrogens (tertiary/aromatic N) is 2. The standard InChI is InChI=1S/C16H24N2O/c1-12(2)15-10-14(11-18(4)8-6-7-17)13(3)9-16(15)19-5/h9-10,12H,6,8,11H2,1-5H3. The van der Waals surface area contributed by atoms with Gasteiger partial charge in [0, 0.05) is 19.5 Å². The number of rotatable bonds is 6. The lowest BCUT2D eigenvalue weighted by Gasteiger charge is -2.20. The number of benzene rings is 1. The maximum atomic E-state index is 8.63. The predicted octanol–water partition coefficient (Wildman–Crippen LogP) is 3.47. The van der Waals surface area contributed by atoms with Crippen molar-refractivity contribution in [3.63, 3.8) is 0 Å². The van der Waals surface area contributed by atoms with Crippen LogP contribution in [0.1, 0.15) is 42.9 Å². The summed E-state index contributed by atoms with van der Waals surface area (Å²) in [6.45, 7) is 8.14. The summed E-state index contributed by atoms with van der Waals surface area (Å²) in [7, 11) is 3.77. The molecule has 0 spiro atoms. The van der Waals surface area contributed by atoms with Crippen molar-refractivity contribution in [2.75, 3.05) is 20.7 Å². The molecule has 0 aliphatic rings. The zero-order valence-corrected chi connectivity index (χ0v) is 12.7. The number of aryl methyl sites for hydroxylation is 1. The first-order valence-electron chi connectivity index (χ1n) is 6.72. The Balaban J connectivity index is 2.95. The van der Waals surface area contributed by atoms with Gasteiger partial charge in [-0.3, -0.25) is 0 Å². The highest BCUT2D eigenvalue weighted by molar-refractivity contribution is 5.43. The van der Waals surface area contributed by atoms with Crippen LogP contribution in [0.25, 0.3) is 0 Å². The van der Waals surface area contributed by atoms with E-state index >= 15 is 0 Å². The highest BCUT2D eigenvalue weighted by Gasteiger charge is 2.12. The fourth-order valence-corrected chi connectivity index (χ4v) is 2.15. The first-order chi connectivity index (χ1) is 8.99. The van der Waals surface area contributed by atoms with Gasteiger partial charge in [-0.1, -0.05) is 19.9 Å². The molecule has 1 aromatic carbocycles. The maximum Gasteiger partial charge on any atom is 0.122 e. The van der Waals surface area contributed by atoms with Crippen LogP contribution in [0.3, 0.4) is 0 Å². The number of nitriles is 1. The van der Waals surface area contributed by atoms with Crippen LogP contribution in [0.4, 0.5) is 0 Å². The van der Waals surface area contributed by atoms with Crippen LogP contribution >= 0.6 is 0 Å². The van der Waals surface area contributed by atoms with Crippen molar-refractivity contribution in [2.24, 2.45) is 0 Å². The monoisotopic (exact) mass is 260 g/mol. The molecule has 0 atom stereocenters. The lowest BCUT2D eigenvalue weighted by Crippen LogP contribution is -2.19. The van der Waals surface area contributed by atoms with E-state index in [0.717, 1.165) is 18.8 Å². The average Bonchev–Trinajstić information content (AvgIpc) is 2.37. The fourth-order valence-electron chi connectivity index (χ4n) is 2.15. The quantitative estimate of drug-likeness (QED) is 0.785. The predicted molar refractivity (Wildman–Crippen MR) is 78.4 cm³/mol. The van der Waals surface area contributed by atoms with E-state index in [0.29, 0.717) is 12.3 Å². The van der Waals surface area contributed by atoms with Gasteiger partial charge in [-0.25, -0.2) is 0 Å². The minimum absolute atomic E-state index is 0.443. The van der Waals surface area contributed by atoms with Gasteiger partial charge in [0.2, 0.25) is 0 Å². The molecule has 0 radical (unpaired) electrons. The number of hydrogen-bond acceptors (Lipinski definition) is 3. The van der Waals surface area contributed by atoms with Crippen molar-refractivity contribution in [2.45, 2.75) is 39.7 Å². The molecule has 3 heteroatoms. The van der Waals surface area contributed by atoms with Crippen LogP contribution in [-0.4, -0.2) is 25.6 Å². The molecule has 0 fully saturated rings. The summed E-state index contributed by atoms with van der Waals surface area (Å²) in [6, 6.07) is 6.54. The smallest absolute Gasteiger partial charge is 0.122 e. The molecular formula is C16H24N2O. The molecule has 0 aromatic heterocycles. The van der Waals surface area contributed by atoms with Crippen molar-refractivity contribution < 1.29 is 4.74 Å². The summed E-state index contributed by atoms with van der Waals surface area (Å²) >= 11 is 0. The Labute approximate surface area is 116 Å². The van der Waals surface area contributed by atoms with Gasteiger partial charge < -0.3 is 9.64 Å². The van der Waals surface area contributed by atoms with E-state index in [2.05, 4.69) is 50.9 Å². The molecule has 0 bridgehead atoms.